The minimum atomic E-state index is -0.0142. The van der Waals surface area contributed by atoms with Crippen LogP contribution in [0.3, 0.4) is 0 Å². The zero-order valence-corrected chi connectivity index (χ0v) is 15.6. The fourth-order valence-electron chi connectivity index (χ4n) is 2.90. The van der Waals surface area contributed by atoms with Gasteiger partial charge < -0.3 is 15.2 Å². The lowest BCUT2D eigenvalue weighted by Gasteiger charge is -2.12. The smallest absolute Gasteiger partial charge is 0.224 e. The van der Waals surface area contributed by atoms with Crippen molar-refractivity contribution in [1.82, 2.24) is 14.9 Å². The Bertz CT molecular complexity index is 747. The molecule has 0 atom stereocenters. The average Bonchev–Trinajstić information content (AvgIpc) is 2.91. The molecule has 6 nitrogen and oxygen atoms in total. The van der Waals surface area contributed by atoms with Crippen molar-refractivity contribution < 1.29 is 9.59 Å². The topological polar surface area (TPSA) is 76.0 Å². The molecule has 0 fully saturated rings. The molecule has 0 aliphatic rings. The summed E-state index contributed by atoms with van der Waals surface area (Å²) in [6, 6.07) is 5.73. The van der Waals surface area contributed by atoms with Crippen LogP contribution in [0.15, 0.2) is 18.2 Å². The maximum absolute atomic E-state index is 12.0. The van der Waals surface area contributed by atoms with E-state index in [1.165, 1.54) is 0 Å². The Morgan fingerprint density at radius 1 is 1.20 bits per heavy atom. The lowest BCUT2D eigenvalue weighted by Crippen LogP contribution is -2.32. The summed E-state index contributed by atoms with van der Waals surface area (Å²) in [4.78, 5) is 28.2. The fraction of sp³-hybridized carbons (Fsp3) is 0.526. The molecule has 1 heterocycles. The number of nitrogens with one attached hydrogen (secondary N) is 2. The minimum absolute atomic E-state index is 0.0142. The van der Waals surface area contributed by atoms with Crippen molar-refractivity contribution in [2.24, 2.45) is 13.0 Å². The van der Waals surface area contributed by atoms with Gasteiger partial charge in [-0.25, -0.2) is 4.98 Å². The number of carbonyl (C=O) groups is 2. The standard InChI is InChI=1S/C19H28N4O2/c1-5-13(6-2)19(25)20-11-10-17-22-15-12-14(21-18(24)7-3)8-9-16(15)23(17)4/h8-9,12-13H,5-7,10-11H2,1-4H3,(H,20,25)(H,21,24). The number of fused-ring (bicyclic) bond motifs is 1. The van der Waals surface area contributed by atoms with Crippen LogP contribution in [0, 0.1) is 5.92 Å². The van der Waals surface area contributed by atoms with Gasteiger partial charge in [0, 0.05) is 38.0 Å². The number of nitrogens with zero attached hydrogens (tertiary/aromatic N) is 2. The SMILES string of the molecule is CCC(=O)Nc1ccc2c(c1)nc(CCNC(=O)C(CC)CC)n2C. The molecule has 0 unspecified atom stereocenters. The fourth-order valence-corrected chi connectivity index (χ4v) is 2.90. The van der Waals surface area contributed by atoms with Crippen molar-refractivity contribution in [2.75, 3.05) is 11.9 Å². The van der Waals surface area contributed by atoms with Gasteiger partial charge in [0.1, 0.15) is 5.82 Å². The third-order valence-electron chi connectivity index (χ3n) is 4.58. The Morgan fingerprint density at radius 3 is 2.56 bits per heavy atom. The molecule has 0 aliphatic carbocycles. The maximum atomic E-state index is 12.0. The highest BCUT2D eigenvalue weighted by molar-refractivity contribution is 5.92. The van der Waals surface area contributed by atoms with Crippen molar-refractivity contribution in [2.45, 2.75) is 46.5 Å². The second-order valence-electron chi connectivity index (χ2n) is 6.25. The van der Waals surface area contributed by atoms with E-state index in [-0.39, 0.29) is 17.7 Å². The molecular weight excluding hydrogens is 316 g/mol. The summed E-state index contributed by atoms with van der Waals surface area (Å²) in [5.41, 5.74) is 2.61. The molecule has 1 aromatic carbocycles. The Morgan fingerprint density at radius 2 is 1.92 bits per heavy atom. The number of imidazole rings is 1. The van der Waals surface area contributed by atoms with Crippen LogP contribution in [0.4, 0.5) is 5.69 Å². The molecule has 2 rings (SSSR count). The van der Waals surface area contributed by atoms with Gasteiger partial charge in [-0.15, -0.1) is 0 Å². The summed E-state index contributed by atoms with van der Waals surface area (Å²) >= 11 is 0. The third-order valence-corrected chi connectivity index (χ3v) is 4.58. The van der Waals surface area contributed by atoms with E-state index >= 15 is 0 Å². The van der Waals surface area contributed by atoms with Gasteiger partial charge in [0.15, 0.2) is 0 Å². The van der Waals surface area contributed by atoms with Gasteiger partial charge in [0.2, 0.25) is 11.8 Å². The molecule has 25 heavy (non-hydrogen) atoms. The number of anilines is 1. The maximum Gasteiger partial charge on any atom is 0.224 e. The molecule has 2 N–H and O–H groups in total. The number of carbonyl (C=O) groups excluding carboxylic acids is 2. The van der Waals surface area contributed by atoms with Crippen LogP contribution in [0.25, 0.3) is 11.0 Å². The van der Waals surface area contributed by atoms with Gasteiger partial charge in [-0.3, -0.25) is 9.59 Å². The summed E-state index contributed by atoms with van der Waals surface area (Å²) < 4.78 is 2.03. The predicted molar refractivity (Wildman–Crippen MR) is 100 cm³/mol. The second kappa shape index (κ2) is 8.65. The van der Waals surface area contributed by atoms with Crippen LogP contribution < -0.4 is 10.6 Å². The molecule has 6 heteroatoms. The van der Waals surface area contributed by atoms with Crippen LogP contribution in [-0.4, -0.2) is 27.9 Å². The predicted octanol–water partition coefficient (Wildman–Crippen LogP) is 3.02. The first-order chi connectivity index (χ1) is 12.0. The van der Waals surface area contributed by atoms with Gasteiger partial charge in [0.05, 0.1) is 11.0 Å². The van der Waals surface area contributed by atoms with Crippen LogP contribution in [-0.2, 0) is 23.1 Å². The Balaban J connectivity index is 2.05. The van der Waals surface area contributed by atoms with E-state index < -0.39 is 0 Å². The first-order valence-corrected chi connectivity index (χ1v) is 9.03. The number of amides is 2. The largest absolute Gasteiger partial charge is 0.355 e. The molecule has 2 aromatic rings. The van der Waals surface area contributed by atoms with E-state index in [0.29, 0.717) is 19.4 Å². The molecule has 0 saturated carbocycles. The number of hydrogen-bond donors (Lipinski definition) is 2. The van der Waals surface area contributed by atoms with Crippen molar-refractivity contribution >= 4 is 28.5 Å². The highest BCUT2D eigenvalue weighted by atomic mass is 16.2. The van der Waals surface area contributed by atoms with Gasteiger partial charge in [0.25, 0.3) is 0 Å². The van der Waals surface area contributed by atoms with E-state index in [1.54, 1.807) is 0 Å². The van der Waals surface area contributed by atoms with Crippen LogP contribution in [0.5, 0.6) is 0 Å². The van der Waals surface area contributed by atoms with Gasteiger partial charge in [-0.1, -0.05) is 20.8 Å². The first-order valence-electron chi connectivity index (χ1n) is 9.03. The highest BCUT2D eigenvalue weighted by Gasteiger charge is 2.14. The first kappa shape index (κ1) is 19.0. The molecular formula is C19H28N4O2. The number of aromatic nitrogens is 2. The molecule has 2 amide bonds. The van der Waals surface area contributed by atoms with E-state index in [9.17, 15) is 9.59 Å². The summed E-state index contributed by atoms with van der Waals surface area (Å²) in [7, 11) is 1.97. The zero-order valence-electron chi connectivity index (χ0n) is 15.6. The van der Waals surface area contributed by atoms with Crippen LogP contribution in [0.1, 0.15) is 45.9 Å². The monoisotopic (exact) mass is 344 g/mol. The zero-order chi connectivity index (χ0) is 18.4. The van der Waals surface area contributed by atoms with Crippen LogP contribution >= 0.6 is 0 Å². The molecule has 136 valence electrons. The third kappa shape index (κ3) is 4.59. The molecule has 0 aliphatic heterocycles. The van der Waals surface area contributed by atoms with Gasteiger partial charge in [-0.05, 0) is 31.0 Å². The molecule has 1 aromatic heterocycles. The van der Waals surface area contributed by atoms with E-state index in [0.717, 1.165) is 35.4 Å². The second-order valence-corrected chi connectivity index (χ2v) is 6.25. The average molecular weight is 344 g/mol. The van der Waals surface area contributed by atoms with Crippen molar-refractivity contribution in [3.8, 4) is 0 Å². The lowest BCUT2D eigenvalue weighted by molar-refractivity contribution is -0.125. The number of hydrogen-bond acceptors (Lipinski definition) is 3. The Hall–Kier alpha value is -2.37. The normalized spacial score (nSPS) is 11.1. The molecule has 0 radical (unpaired) electrons. The Labute approximate surface area is 149 Å². The van der Waals surface area contributed by atoms with Crippen LogP contribution in [0.2, 0.25) is 0 Å². The van der Waals surface area contributed by atoms with Crippen molar-refractivity contribution in [1.29, 1.82) is 0 Å². The summed E-state index contributed by atoms with van der Waals surface area (Å²) in [6.45, 7) is 6.47. The van der Waals surface area contributed by atoms with Gasteiger partial charge >= 0.3 is 0 Å². The Kier molecular flexibility index (Phi) is 6.56. The lowest BCUT2D eigenvalue weighted by atomic mass is 10.0. The van der Waals surface area contributed by atoms with Gasteiger partial charge in [-0.2, -0.15) is 0 Å². The quantitative estimate of drug-likeness (QED) is 0.773. The van der Waals surface area contributed by atoms with E-state index in [1.807, 2.05) is 50.6 Å². The number of aryl methyl sites for hydroxylation is 1. The number of benzene rings is 1. The summed E-state index contributed by atoms with van der Waals surface area (Å²) in [6.07, 6.45) is 2.84. The van der Waals surface area contributed by atoms with E-state index in [4.69, 9.17) is 0 Å². The number of rotatable bonds is 8. The highest BCUT2D eigenvalue weighted by Crippen LogP contribution is 2.20. The van der Waals surface area contributed by atoms with Crippen molar-refractivity contribution in [3.05, 3.63) is 24.0 Å². The molecule has 0 saturated heterocycles. The minimum Gasteiger partial charge on any atom is -0.355 e. The van der Waals surface area contributed by atoms with E-state index in [2.05, 4.69) is 15.6 Å². The summed E-state index contributed by atoms with van der Waals surface area (Å²) in [5.74, 6) is 1.11. The molecule has 0 bridgehead atoms. The summed E-state index contributed by atoms with van der Waals surface area (Å²) in [5, 5.41) is 5.85. The molecule has 0 spiro atoms. The van der Waals surface area contributed by atoms with Crippen molar-refractivity contribution in [3.63, 3.8) is 0 Å².